The van der Waals surface area contributed by atoms with Gasteiger partial charge in [0.1, 0.15) is 0 Å². The number of fused-ring (bicyclic) bond motifs is 2. The van der Waals surface area contributed by atoms with E-state index in [1.165, 1.54) is 38.5 Å². The molecular weight excluding hydrogens is 218 g/mol. The summed E-state index contributed by atoms with van der Waals surface area (Å²) < 4.78 is 0. The third-order valence-corrected chi connectivity index (χ3v) is 5.37. The lowest BCUT2D eigenvalue weighted by Crippen LogP contribution is -2.33. The average Bonchev–Trinajstić information content (AvgIpc) is 3.05. The standard InChI is InChI=1S/C17H23N/c1-2-4-16(13-7-8-13)15(3-1)11-18-17-10-12-5-6-14(17)9-12/h1-4,12-14,17-18H,5-11H2. The Kier molecular flexibility index (Phi) is 2.69. The molecular formula is C17H23N. The SMILES string of the molecule is c1ccc(C2CC2)c(CNC2CC3CCC2C3)c1. The van der Waals surface area contributed by atoms with Crippen LogP contribution in [0.2, 0.25) is 0 Å². The molecule has 0 saturated heterocycles. The predicted octanol–water partition coefficient (Wildman–Crippen LogP) is 3.84. The van der Waals surface area contributed by atoms with Gasteiger partial charge in [-0.05, 0) is 61.0 Å². The molecule has 0 radical (unpaired) electrons. The molecule has 4 rings (SSSR count). The summed E-state index contributed by atoms with van der Waals surface area (Å²) in [5, 5.41) is 3.85. The van der Waals surface area contributed by atoms with Crippen LogP contribution in [0.3, 0.4) is 0 Å². The van der Waals surface area contributed by atoms with E-state index >= 15 is 0 Å². The Labute approximate surface area is 110 Å². The lowest BCUT2D eigenvalue weighted by Gasteiger charge is -2.23. The van der Waals surface area contributed by atoms with Gasteiger partial charge in [-0.3, -0.25) is 0 Å². The fourth-order valence-corrected chi connectivity index (χ4v) is 4.22. The zero-order valence-electron chi connectivity index (χ0n) is 11.1. The van der Waals surface area contributed by atoms with Crippen LogP contribution in [0.15, 0.2) is 24.3 Å². The minimum atomic E-state index is 0.816. The van der Waals surface area contributed by atoms with Crippen LogP contribution in [-0.2, 0) is 6.54 Å². The van der Waals surface area contributed by atoms with Crippen LogP contribution in [0.1, 0.15) is 55.6 Å². The monoisotopic (exact) mass is 241 g/mol. The molecule has 1 aromatic rings. The Morgan fingerprint density at radius 2 is 1.89 bits per heavy atom. The van der Waals surface area contributed by atoms with Crippen LogP contribution in [0, 0.1) is 11.8 Å². The van der Waals surface area contributed by atoms with E-state index in [9.17, 15) is 0 Å². The molecule has 1 nitrogen and oxygen atoms in total. The highest BCUT2D eigenvalue weighted by Crippen LogP contribution is 2.45. The molecule has 2 bridgehead atoms. The van der Waals surface area contributed by atoms with E-state index in [4.69, 9.17) is 0 Å². The van der Waals surface area contributed by atoms with E-state index in [0.29, 0.717) is 0 Å². The molecule has 3 fully saturated rings. The molecule has 3 unspecified atom stereocenters. The number of benzene rings is 1. The second-order valence-corrected chi connectivity index (χ2v) is 6.64. The maximum absolute atomic E-state index is 3.85. The van der Waals surface area contributed by atoms with Crippen molar-refractivity contribution in [1.82, 2.24) is 5.32 Å². The largest absolute Gasteiger partial charge is 0.310 e. The van der Waals surface area contributed by atoms with Crippen LogP contribution in [0.25, 0.3) is 0 Å². The zero-order valence-corrected chi connectivity index (χ0v) is 11.1. The normalized spacial score (nSPS) is 34.1. The van der Waals surface area contributed by atoms with Crippen LogP contribution in [-0.4, -0.2) is 6.04 Å². The van der Waals surface area contributed by atoms with Gasteiger partial charge in [0.25, 0.3) is 0 Å². The summed E-state index contributed by atoms with van der Waals surface area (Å²) in [6, 6.07) is 9.89. The third kappa shape index (κ3) is 1.99. The second kappa shape index (κ2) is 4.38. The summed E-state index contributed by atoms with van der Waals surface area (Å²) in [5.41, 5.74) is 3.18. The van der Waals surface area contributed by atoms with Crippen molar-refractivity contribution >= 4 is 0 Å². The molecule has 0 heterocycles. The van der Waals surface area contributed by atoms with Gasteiger partial charge in [-0.15, -0.1) is 0 Å². The summed E-state index contributed by atoms with van der Waals surface area (Å²) in [7, 11) is 0. The van der Waals surface area contributed by atoms with Crippen molar-refractivity contribution in [3.63, 3.8) is 0 Å². The van der Waals surface area contributed by atoms with Gasteiger partial charge in [0.2, 0.25) is 0 Å². The van der Waals surface area contributed by atoms with Crippen molar-refractivity contribution in [3.8, 4) is 0 Å². The Bertz CT molecular complexity index is 435. The Morgan fingerprint density at radius 3 is 2.61 bits per heavy atom. The average molecular weight is 241 g/mol. The maximum Gasteiger partial charge on any atom is 0.0211 e. The second-order valence-electron chi connectivity index (χ2n) is 6.64. The summed E-state index contributed by atoms with van der Waals surface area (Å²) in [6.07, 6.45) is 8.74. The highest BCUT2D eigenvalue weighted by Gasteiger charge is 2.39. The van der Waals surface area contributed by atoms with Crippen molar-refractivity contribution < 1.29 is 0 Å². The molecule has 3 saturated carbocycles. The summed E-state index contributed by atoms with van der Waals surface area (Å²) >= 11 is 0. The van der Waals surface area contributed by atoms with E-state index in [-0.39, 0.29) is 0 Å². The highest BCUT2D eigenvalue weighted by atomic mass is 14.9. The first kappa shape index (κ1) is 11.0. The Balaban J connectivity index is 1.42. The molecule has 0 amide bonds. The number of hydrogen-bond acceptors (Lipinski definition) is 1. The van der Waals surface area contributed by atoms with Crippen LogP contribution >= 0.6 is 0 Å². The van der Waals surface area contributed by atoms with Gasteiger partial charge in [-0.1, -0.05) is 30.7 Å². The molecule has 96 valence electrons. The molecule has 0 spiro atoms. The van der Waals surface area contributed by atoms with Gasteiger partial charge in [0.15, 0.2) is 0 Å². The van der Waals surface area contributed by atoms with Gasteiger partial charge in [0.05, 0.1) is 0 Å². The minimum absolute atomic E-state index is 0.816. The number of rotatable bonds is 4. The van der Waals surface area contributed by atoms with E-state index < -0.39 is 0 Å². The number of hydrogen-bond donors (Lipinski definition) is 1. The third-order valence-electron chi connectivity index (χ3n) is 5.37. The van der Waals surface area contributed by atoms with Crippen molar-refractivity contribution in [1.29, 1.82) is 0 Å². The van der Waals surface area contributed by atoms with Crippen molar-refractivity contribution in [2.45, 2.75) is 57.0 Å². The molecule has 0 aliphatic heterocycles. The molecule has 3 aliphatic rings. The summed E-state index contributed by atoms with van der Waals surface area (Å²) in [5.74, 6) is 2.91. The van der Waals surface area contributed by atoms with Crippen LogP contribution in [0.5, 0.6) is 0 Å². The molecule has 18 heavy (non-hydrogen) atoms. The molecule has 1 heteroatoms. The first-order chi connectivity index (χ1) is 8.90. The first-order valence-corrected chi connectivity index (χ1v) is 7.71. The van der Waals surface area contributed by atoms with Gasteiger partial charge < -0.3 is 5.32 Å². The highest BCUT2D eigenvalue weighted by molar-refractivity contribution is 5.33. The van der Waals surface area contributed by atoms with Gasteiger partial charge >= 0.3 is 0 Å². The topological polar surface area (TPSA) is 12.0 Å². The predicted molar refractivity (Wildman–Crippen MR) is 74.5 cm³/mol. The van der Waals surface area contributed by atoms with Crippen molar-refractivity contribution in [2.75, 3.05) is 0 Å². The van der Waals surface area contributed by atoms with Crippen molar-refractivity contribution in [3.05, 3.63) is 35.4 Å². The first-order valence-electron chi connectivity index (χ1n) is 7.71. The molecule has 3 atom stereocenters. The number of nitrogens with one attached hydrogen (secondary N) is 1. The van der Waals surface area contributed by atoms with Crippen molar-refractivity contribution in [2.24, 2.45) is 11.8 Å². The molecule has 1 N–H and O–H groups in total. The maximum atomic E-state index is 3.85. The Hall–Kier alpha value is -0.820. The fourth-order valence-electron chi connectivity index (χ4n) is 4.22. The minimum Gasteiger partial charge on any atom is -0.310 e. The van der Waals surface area contributed by atoms with Gasteiger partial charge in [-0.25, -0.2) is 0 Å². The van der Waals surface area contributed by atoms with E-state index in [1.807, 2.05) is 0 Å². The van der Waals surface area contributed by atoms with Gasteiger partial charge in [-0.2, -0.15) is 0 Å². The van der Waals surface area contributed by atoms with E-state index in [0.717, 1.165) is 30.3 Å². The van der Waals surface area contributed by atoms with Crippen LogP contribution < -0.4 is 5.32 Å². The summed E-state index contributed by atoms with van der Waals surface area (Å²) in [4.78, 5) is 0. The van der Waals surface area contributed by atoms with E-state index in [1.54, 1.807) is 11.1 Å². The molecule has 0 aromatic heterocycles. The quantitative estimate of drug-likeness (QED) is 0.844. The van der Waals surface area contributed by atoms with Crippen LogP contribution in [0.4, 0.5) is 0 Å². The lowest BCUT2D eigenvalue weighted by atomic mass is 9.95. The molecule has 3 aliphatic carbocycles. The van der Waals surface area contributed by atoms with Gasteiger partial charge in [0, 0.05) is 12.6 Å². The summed E-state index contributed by atoms with van der Waals surface area (Å²) in [6.45, 7) is 1.10. The molecule has 1 aromatic carbocycles. The lowest BCUT2D eigenvalue weighted by molar-refractivity contribution is 0.350. The zero-order chi connectivity index (χ0) is 11.9. The fraction of sp³-hybridized carbons (Fsp3) is 0.647. The smallest absolute Gasteiger partial charge is 0.0211 e. The Morgan fingerprint density at radius 1 is 1.00 bits per heavy atom. The van der Waals surface area contributed by atoms with E-state index in [2.05, 4.69) is 29.6 Å².